The Morgan fingerprint density at radius 3 is 2.60 bits per heavy atom. The van der Waals surface area contributed by atoms with Gasteiger partial charge in [-0.05, 0) is 55.1 Å². The van der Waals surface area contributed by atoms with E-state index in [1.807, 2.05) is 29.6 Å². The fourth-order valence-corrected chi connectivity index (χ4v) is 4.06. The van der Waals surface area contributed by atoms with Gasteiger partial charge in [0.25, 0.3) is 0 Å². The van der Waals surface area contributed by atoms with Crippen LogP contribution in [0, 0.1) is 0 Å². The normalized spacial score (nSPS) is 16.4. The third kappa shape index (κ3) is 5.06. The molecule has 2 heterocycles. The number of benzene rings is 1. The molecule has 0 radical (unpaired) electrons. The third-order valence-corrected chi connectivity index (χ3v) is 5.62. The molecule has 3 rings (SSSR count). The predicted octanol–water partition coefficient (Wildman–Crippen LogP) is 3.64. The van der Waals surface area contributed by atoms with E-state index in [1.54, 1.807) is 18.4 Å². The Morgan fingerprint density at radius 1 is 1.20 bits per heavy atom. The van der Waals surface area contributed by atoms with Crippen LogP contribution in [0.5, 0.6) is 5.75 Å². The number of methoxy groups -OCH3 is 1. The van der Waals surface area contributed by atoms with Crippen LogP contribution in [0.25, 0.3) is 0 Å². The van der Waals surface area contributed by atoms with E-state index < -0.39 is 0 Å². The van der Waals surface area contributed by atoms with Crippen LogP contribution in [0.3, 0.4) is 0 Å². The van der Waals surface area contributed by atoms with Crippen molar-refractivity contribution >= 4 is 17.2 Å². The second-order valence-corrected chi connectivity index (χ2v) is 7.48. The van der Waals surface area contributed by atoms with E-state index in [1.165, 1.54) is 24.8 Å². The van der Waals surface area contributed by atoms with E-state index in [0.29, 0.717) is 13.0 Å². The molecular weight excluding hydrogens is 332 g/mol. The monoisotopic (exact) mass is 358 g/mol. The Kier molecular flexibility index (Phi) is 6.48. The van der Waals surface area contributed by atoms with Crippen LogP contribution in [0.4, 0.5) is 0 Å². The van der Waals surface area contributed by atoms with E-state index in [4.69, 9.17) is 4.74 Å². The fourth-order valence-electron chi connectivity index (χ4n) is 3.36. The summed E-state index contributed by atoms with van der Waals surface area (Å²) in [5.74, 6) is 0.959. The van der Waals surface area contributed by atoms with Crippen LogP contribution in [0.15, 0.2) is 41.8 Å². The van der Waals surface area contributed by atoms with Crippen molar-refractivity contribution in [2.45, 2.75) is 31.7 Å². The number of hydrogen-bond donors (Lipinski definition) is 1. The maximum absolute atomic E-state index is 12.3. The molecule has 4 nitrogen and oxygen atoms in total. The molecule has 1 saturated heterocycles. The first kappa shape index (κ1) is 18.0. The summed E-state index contributed by atoms with van der Waals surface area (Å²) in [5, 5.41) is 5.15. The van der Waals surface area contributed by atoms with Crippen LogP contribution in [-0.4, -0.2) is 37.6 Å². The average Bonchev–Trinajstić information content (AvgIpc) is 3.16. The molecule has 1 atom stereocenters. The Morgan fingerprint density at radius 2 is 1.96 bits per heavy atom. The highest BCUT2D eigenvalue weighted by Crippen LogP contribution is 2.26. The molecule has 0 unspecified atom stereocenters. The minimum atomic E-state index is 0.0953. The van der Waals surface area contributed by atoms with Gasteiger partial charge < -0.3 is 10.1 Å². The number of rotatable bonds is 7. The second kappa shape index (κ2) is 9.02. The smallest absolute Gasteiger partial charge is 0.225 e. The number of likely N-dealkylation sites (tertiary alicyclic amines) is 1. The quantitative estimate of drug-likeness (QED) is 0.821. The van der Waals surface area contributed by atoms with Crippen molar-refractivity contribution in [1.29, 1.82) is 0 Å². The maximum atomic E-state index is 12.3. The molecule has 134 valence electrons. The van der Waals surface area contributed by atoms with E-state index in [-0.39, 0.29) is 11.9 Å². The number of carbonyl (C=O) groups is 1. The summed E-state index contributed by atoms with van der Waals surface area (Å²) in [5.41, 5.74) is 1.24. The third-order valence-electron chi connectivity index (χ3n) is 4.74. The Bertz CT molecular complexity index is 649. The standard InChI is InChI=1S/C20H26N2O2S/c1-24-17-9-7-16(8-10-17)19(22-11-3-2-4-12-22)15-21-20(23)14-18-6-5-13-25-18/h5-10,13,19H,2-4,11-12,14-15H2,1H3,(H,21,23)/t19-/m0/s1. The van der Waals surface area contributed by atoms with E-state index >= 15 is 0 Å². The van der Waals surface area contributed by atoms with Crippen LogP contribution >= 0.6 is 11.3 Å². The molecule has 0 saturated carbocycles. The molecule has 0 aliphatic carbocycles. The predicted molar refractivity (Wildman–Crippen MR) is 102 cm³/mol. The SMILES string of the molecule is COc1ccc([C@H](CNC(=O)Cc2cccs2)N2CCCCC2)cc1. The molecule has 0 spiro atoms. The summed E-state index contributed by atoms with van der Waals surface area (Å²) >= 11 is 1.63. The number of hydrogen-bond acceptors (Lipinski definition) is 4. The highest BCUT2D eigenvalue weighted by atomic mass is 32.1. The number of carbonyl (C=O) groups excluding carboxylic acids is 1. The molecule has 1 amide bonds. The van der Waals surface area contributed by atoms with Crippen molar-refractivity contribution in [2.24, 2.45) is 0 Å². The van der Waals surface area contributed by atoms with Crippen molar-refractivity contribution in [3.05, 3.63) is 52.2 Å². The Labute approximate surface area is 153 Å². The topological polar surface area (TPSA) is 41.6 Å². The summed E-state index contributed by atoms with van der Waals surface area (Å²) in [6, 6.07) is 12.4. The van der Waals surface area contributed by atoms with E-state index in [0.717, 1.165) is 23.7 Å². The zero-order chi connectivity index (χ0) is 17.5. The van der Waals surface area contributed by atoms with Crippen molar-refractivity contribution in [3.8, 4) is 5.75 Å². The molecule has 1 aliphatic rings. The van der Waals surface area contributed by atoms with E-state index in [9.17, 15) is 4.79 Å². The van der Waals surface area contributed by atoms with Crippen molar-refractivity contribution in [3.63, 3.8) is 0 Å². The first-order valence-corrected chi connectivity index (χ1v) is 9.81. The van der Waals surface area contributed by atoms with Gasteiger partial charge in [-0.2, -0.15) is 0 Å². The number of nitrogens with zero attached hydrogens (tertiary/aromatic N) is 1. The number of amides is 1. The highest BCUT2D eigenvalue weighted by Gasteiger charge is 2.23. The van der Waals surface area contributed by atoms with Crippen molar-refractivity contribution < 1.29 is 9.53 Å². The maximum Gasteiger partial charge on any atom is 0.225 e. The lowest BCUT2D eigenvalue weighted by Gasteiger charge is -2.35. The largest absolute Gasteiger partial charge is 0.497 e. The summed E-state index contributed by atoms with van der Waals surface area (Å²) in [7, 11) is 1.68. The first-order valence-electron chi connectivity index (χ1n) is 8.93. The molecule has 0 bridgehead atoms. The molecule has 1 fully saturated rings. The number of thiophene rings is 1. The summed E-state index contributed by atoms with van der Waals surface area (Å²) in [6.45, 7) is 2.84. The van der Waals surface area contributed by atoms with Gasteiger partial charge in [-0.1, -0.05) is 24.6 Å². The molecule has 25 heavy (non-hydrogen) atoms. The average molecular weight is 359 g/mol. The highest BCUT2D eigenvalue weighted by molar-refractivity contribution is 7.10. The zero-order valence-electron chi connectivity index (χ0n) is 14.7. The molecule has 1 aliphatic heterocycles. The van der Waals surface area contributed by atoms with Gasteiger partial charge in [0.2, 0.25) is 5.91 Å². The lowest BCUT2D eigenvalue weighted by Crippen LogP contribution is -2.41. The lowest BCUT2D eigenvalue weighted by atomic mass is 10.0. The Balaban J connectivity index is 1.65. The lowest BCUT2D eigenvalue weighted by molar-refractivity contribution is -0.120. The summed E-state index contributed by atoms with van der Waals surface area (Å²) < 4.78 is 5.27. The number of piperidine rings is 1. The van der Waals surface area contributed by atoms with Gasteiger partial charge in [0, 0.05) is 11.4 Å². The van der Waals surface area contributed by atoms with Gasteiger partial charge in [-0.25, -0.2) is 0 Å². The zero-order valence-corrected chi connectivity index (χ0v) is 15.6. The van der Waals surface area contributed by atoms with Gasteiger partial charge in [0.15, 0.2) is 0 Å². The van der Waals surface area contributed by atoms with Crippen molar-refractivity contribution in [1.82, 2.24) is 10.2 Å². The van der Waals surface area contributed by atoms with Gasteiger partial charge in [-0.3, -0.25) is 9.69 Å². The molecule has 1 aromatic heterocycles. The second-order valence-electron chi connectivity index (χ2n) is 6.45. The summed E-state index contributed by atoms with van der Waals surface area (Å²) in [4.78, 5) is 15.9. The minimum Gasteiger partial charge on any atom is -0.497 e. The van der Waals surface area contributed by atoms with Crippen molar-refractivity contribution in [2.75, 3.05) is 26.7 Å². The van der Waals surface area contributed by atoms with Crippen LogP contribution in [0.1, 0.15) is 35.7 Å². The van der Waals surface area contributed by atoms with Crippen LogP contribution < -0.4 is 10.1 Å². The van der Waals surface area contributed by atoms with Gasteiger partial charge in [0.1, 0.15) is 5.75 Å². The van der Waals surface area contributed by atoms with E-state index in [2.05, 4.69) is 22.3 Å². The number of nitrogens with one attached hydrogen (secondary N) is 1. The van der Waals surface area contributed by atoms with Gasteiger partial charge in [0.05, 0.1) is 19.6 Å². The molecule has 2 aromatic rings. The minimum absolute atomic E-state index is 0.0953. The summed E-state index contributed by atoms with van der Waals surface area (Å²) in [6.07, 6.45) is 4.23. The van der Waals surface area contributed by atoms with Crippen LogP contribution in [0.2, 0.25) is 0 Å². The fraction of sp³-hybridized carbons (Fsp3) is 0.450. The molecule has 1 N–H and O–H groups in total. The molecule has 1 aromatic carbocycles. The molecular formula is C20H26N2O2S. The first-order chi connectivity index (χ1) is 12.3. The molecule has 5 heteroatoms. The van der Waals surface area contributed by atoms with Gasteiger partial charge >= 0.3 is 0 Å². The van der Waals surface area contributed by atoms with Gasteiger partial charge in [-0.15, -0.1) is 11.3 Å². The van der Waals surface area contributed by atoms with Crippen LogP contribution in [-0.2, 0) is 11.2 Å². The Hall–Kier alpha value is -1.85. The number of ether oxygens (including phenoxy) is 1.